The fraction of sp³-hybridized carbons (Fsp3) is 0.0833. The molecule has 0 fully saturated rings. The molecule has 1 aromatic heterocycles. The molecule has 0 saturated heterocycles. The van der Waals surface area contributed by atoms with Crippen LogP contribution in [0.3, 0.4) is 0 Å². The van der Waals surface area contributed by atoms with Crippen molar-refractivity contribution < 1.29 is 0 Å². The number of rotatable bonds is 3. The Morgan fingerprint density at radius 1 is 1.33 bits per heavy atom. The van der Waals surface area contributed by atoms with E-state index in [-0.39, 0.29) is 0 Å². The van der Waals surface area contributed by atoms with Gasteiger partial charge < -0.3 is 0 Å². The number of hydrogen-bond acceptors (Lipinski definition) is 1. The molecule has 3 heteroatoms. The van der Waals surface area contributed by atoms with Gasteiger partial charge in [-0.3, -0.25) is 5.10 Å². The SMILES string of the molecule is C=C(CBr)c1cc(-c2ccccc2)[nH]n1. The van der Waals surface area contributed by atoms with E-state index < -0.39 is 0 Å². The zero-order valence-corrected chi connectivity index (χ0v) is 9.79. The zero-order chi connectivity index (χ0) is 10.7. The maximum absolute atomic E-state index is 4.21. The molecular formula is C12H11BrN2. The molecule has 1 N–H and O–H groups in total. The van der Waals surface area contributed by atoms with E-state index in [2.05, 4.69) is 32.7 Å². The van der Waals surface area contributed by atoms with Crippen molar-refractivity contribution in [2.24, 2.45) is 0 Å². The maximum Gasteiger partial charge on any atom is 0.0889 e. The Morgan fingerprint density at radius 2 is 2.07 bits per heavy atom. The molecule has 1 heterocycles. The van der Waals surface area contributed by atoms with Gasteiger partial charge in [-0.15, -0.1) is 0 Å². The van der Waals surface area contributed by atoms with Gasteiger partial charge in [0.05, 0.1) is 11.4 Å². The lowest BCUT2D eigenvalue weighted by Gasteiger charge is -1.94. The van der Waals surface area contributed by atoms with Gasteiger partial charge in [-0.1, -0.05) is 52.8 Å². The third-order valence-electron chi connectivity index (χ3n) is 2.19. The van der Waals surface area contributed by atoms with Crippen LogP contribution in [0.15, 0.2) is 43.0 Å². The van der Waals surface area contributed by atoms with E-state index in [0.29, 0.717) is 0 Å². The van der Waals surface area contributed by atoms with E-state index in [4.69, 9.17) is 0 Å². The molecule has 0 aliphatic rings. The molecule has 1 aromatic carbocycles. The first-order chi connectivity index (χ1) is 7.31. The van der Waals surface area contributed by atoms with E-state index >= 15 is 0 Å². The van der Waals surface area contributed by atoms with Crippen LogP contribution < -0.4 is 0 Å². The van der Waals surface area contributed by atoms with Crippen molar-refractivity contribution in [3.63, 3.8) is 0 Å². The standard InChI is InChI=1S/C12H11BrN2/c1-9(8-13)11-7-12(15-14-11)10-5-3-2-4-6-10/h2-7H,1,8H2,(H,14,15). The van der Waals surface area contributed by atoms with Crippen LogP contribution >= 0.6 is 15.9 Å². The number of nitrogens with zero attached hydrogens (tertiary/aromatic N) is 1. The Morgan fingerprint density at radius 3 is 2.73 bits per heavy atom. The van der Waals surface area contributed by atoms with Gasteiger partial charge in [-0.2, -0.15) is 5.10 Å². The number of aromatic nitrogens is 2. The molecule has 0 aliphatic carbocycles. The molecule has 0 aliphatic heterocycles. The van der Waals surface area contributed by atoms with Crippen LogP contribution in [0.4, 0.5) is 0 Å². The molecule has 0 bridgehead atoms. The second-order valence-electron chi connectivity index (χ2n) is 3.27. The van der Waals surface area contributed by atoms with E-state index in [1.807, 2.05) is 36.4 Å². The summed E-state index contributed by atoms with van der Waals surface area (Å²) in [6.07, 6.45) is 0. The van der Waals surface area contributed by atoms with E-state index in [1.54, 1.807) is 0 Å². The molecule has 0 amide bonds. The second kappa shape index (κ2) is 4.45. The lowest BCUT2D eigenvalue weighted by atomic mass is 10.1. The van der Waals surface area contributed by atoms with Crippen LogP contribution in [0.2, 0.25) is 0 Å². The van der Waals surface area contributed by atoms with Crippen molar-refractivity contribution >= 4 is 21.5 Å². The molecule has 0 atom stereocenters. The third-order valence-corrected chi connectivity index (χ3v) is 2.86. The molecule has 0 spiro atoms. The summed E-state index contributed by atoms with van der Waals surface area (Å²) in [5, 5.41) is 7.96. The van der Waals surface area contributed by atoms with Gasteiger partial charge in [-0.25, -0.2) is 0 Å². The Hall–Kier alpha value is -1.35. The summed E-state index contributed by atoms with van der Waals surface area (Å²) in [5.74, 6) is 0. The van der Waals surface area contributed by atoms with Crippen LogP contribution in [0.1, 0.15) is 5.69 Å². The van der Waals surface area contributed by atoms with Gasteiger partial charge in [0.1, 0.15) is 0 Å². The lowest BCUT2D eigenvalue weighted by Crippen LogP contribution is -1.82. The van der Waals surface area contributed by atoms with Gasteiger partial charge in [0.15, 0.2) is 0 Å². The van der Waals surface area contributed by atoms with Crippen molar-refractivity contribution in [3.05, 3.63) is 48.7 Å². The van der Waals surface area contributed by atoms with Crippen molar-refractivity contribution in [2.45, 2.75) is 0 Å². The number of benzene rings is 1. The van der Waals surface area contributed by atoms with Gasteiger partial charge in [0.25, 0.3) is 0 Å². The molecule has 76 valence electrons. The highest BCUT2D eigenvalue weighted by atomic mass is 79.9. The first-order valence-electron chi connectivity index (χ1n) is 4.66. The number of nitrogens with one attached hydrogen (secondary N) is 1. The Bertz CT molecular complexity index is 459. The number of halogens is 1. The Balaban J connectivity index is 2.32. The molecule has 0 unspecified atom stereocenters. The number of H-pyrrole nitrogens is 1. The number of aromatic amines is 1. The molecule has 0 saturated carbocycles. The highest BCUT2D eigenvalue weighted by molar-refractivity contribution is 9.09. The summed E-state index contributed by atoms with van der Waals surface area (Å²) in [4.78, 5) is 0. The predicted molar refractivity (Wildman–Crippen MR) is 66.9 cm³/mol. The van der Waals surface area contributed by atoms with Gasteiger partial charge in [0, 0.05) is 5.33 Å². The quantitative estimate of drug-likeness (QED) is 0.844. The first kappa shape index (κ1) is 10.2. The molecular weight excluding hydrogens is 252 g/mol. The minimum absolute atomic E-state index is 0.742. The summed E-state index contributed by atoms with van der Waals surface area (Å²) < 4.78 is 0. The summed E-state index contributed by atoms with van der Waals surface area (Å²) in [6.45, 7) is 3.92. The monoisotopic (exact) mass is 262 g/mol. The number of allylic oxidation sites excluding steroid dienone is 1. The number of alkyl halides is 1. The second-order valence-corrected chi connectivity index (χ2v) is 3.83. The highest BCUT2D eigenvalue weighted by Crippen LogP contribution is 2.20. The van der Waals surface area contributed by atoms with Crippen molar-refractivity contribution in [1.82, 2.24) is 10.2 Å². The number of hydrogen-bond donors (Lipinski definition) is 1. The lowest BCUT2D eigenvalue weighted by molar-refractivity contribution is 1.08. The summed E-state index contributed by atoms with van der Waals surface area (Å²) >= 11 is 3.36. The third kappa shape index (κ3) is 2.18. The van der Waals surface area contributed by atoms with Crippen molar-refractivity contribution in [1.29, 1.82) is 0 Å². The fourth-order valence-electron chi connectivity index (χ4n) is 1.34. The minimum Gasteiger partial charge on any atom is -0.277 e. The topological polar surface area (TPSA) is 28.7 Å². The van der Waals surface area contributed by atoms with E-state index in [1.165, 1.54) is 0 Å². The van der Waals surface area contributed by atoms with Gasteiger partial charge >= 0.3 is 0 Å². The van der Waals surface area contributed by atoms with Crippen LogP contribution in [-0.4, -0.2) is 15.5 Å². The predicted octanol–water partition coefficient (Wildman–Crippen LogP) is 3.48. The molecule has 2 rings (SSSR count). The molecule has 15 heavy (non-hydrogen) atoms. The molecule has 2 aromatic rings. The van der Waals surface area contributed by atoms with Crippen LogP contribution in [0.5, 0.6) is 0 Å². The molecule has 0 radical (unpaired) electrons. The van der Waals surface area contributed by atoms with Crippen LogP contribution in [0.25, 0.3) is 16.8 Å². The Labute approximate surface area is 97.2 Å². The largest absolute Gasteiger partial charge is 0.277 e. The smallest absolute Gasteiger partial charge is 0.0889 e. The van der Waals surface area contributed by atoms with Crippen molar-refractivity contribution in [2.75, 3.05) is 5.33 Å². The summed E-state index contributed by atoms with van der Waals surface area (Å²) in [6, 6.07) is 12.1. The highest BCUT2D eigenvalue weighted by Gasteiger charge is 2.04. The van der Waals surface area contributed by atoms with Crippen LogP contribution in [0, 0.1) is 0 Å². The van der Waals surface area contributed by atoms with E-state index in [9.17, 15) is 0 Å². The summed E-state index contributed by atoms with van der Waals surface area (Å²) in [5.41, 5.74) is 4.05. The summed E-state index contributed by atoms with van der Waals surface area (Å²) in [7, 11) is 0. The first-order valence-corrected chi connectivity index (χ1v) is 5.78. The van der Waals surface area contributed by atoms with E-state index in [0.717, 1.165) is 27.9 Å². The maximum atomic E-state index is 4.21. The average Bonchev–Trinajstić information content (AvgIpc) is 2.78. The normalized spacial score (nSPS) is 10.2. The zero-order valence-electron chi connectivity index (χ0n) is 8.20. The van der Waals surface area contributed by atoms with Gasteiger partial charge in [-0.05, 0) is 17.2 Å². The van der Waals surface area contributed by atoms with Gasteiger partial charge in [0.2, 0.25) is 0 Å². The minimum atomic E-state index is 0.742. The van der Waals surface area contributed by atoms with Crippen LogP contribution in [-0.2, 0) is 0 Å². The van der Waals surface area contributed by atoms with Crippen molar-refractivity contribution in [3.8, 4) is 11.3 Å². The average molecular weight is 263 g/mol. The molecule has 2 nitrogen and oxygen atoms in total. The fourth-order valence-corrected chi connectivity index (χ4v) is 1.62. The Kier molecular flexibility index (Phi) is 3.02.